The van der Waals surface area contributed by atoms with E-state index < -0.39 is 4.92 Å². The number of thioether (sulfide) groups is 1. The van der Waals surface area contributed by atoms with E-state index in [1.165, 1.54) is 7.11 Å². The van der Waals surface area contributed by atoms with Crippen molar-refractivity contribution in [3.05, 3.63) is 28.3 Å². The quantitative estimate of drug-likeness (QED) is 0.672. The van der Waals surface area contributed by atoms with Crippen LogP contribution in [0.15, 0.2) is 18.2 Å². The lowest BCUT2D eigenvalue weighted by atomic mass is 10.1. The lowest BCUT2D eigenvalue weighted by molar-refractivity contribution is -0.385. The first-order valence-electron chi connectivity index (χ1n) is 5.87. The Morgan fingerprint density at radius 1 is 1.44 bits per heavy atom. The predicted molar refractivity (Wildman–Crippen MR) is 73.6 cm³/mol. The molecule has 0 unspecified atom stereocenters. The summed E-state index contributed by atoms with van der Waals surface area (Å²) in [5, 5.41) is 14.3. The average Bonchev–Trinajstić information content (AvgIpc) is 2.40. The topological polar surface area (TPSA) is 64.4 Å². The van der Waals surface area contributed by atoms with Crippen LogP contribution < -0.4 is 10.1 Å². The average molecular weight is 268 g/mol. The monoisotopic (exact) mass is 268 g/mol. The Balaban J connectivity index is 2.13. The van der Waals surface area contributed by atoms with Crippen LogP contribution in [0.1, 0.15) is 12.8 Å². The minimum atomic E-state index is -0.416. The summed E-state index contributed by atoms with van der Waals surface area (Å²) in [4.78, 5) is 10.5. The number of nitro groups is 1. The van der Waals surface area contributed by atoms with E-state index in [-0.39, 0.29) is 5.69 Å². The lowest BCUT2D eigenvalue weighted by Gasteiger charge is -2.23. The Morgan fingerprint density at radius 3 is 2.78 bits per heavy atom. The summed E-state index contributed by atoms with van der Waals surface area (Å²) in [6.45, 7) is 0. The van der Waals surface area contributed by atoms with Crippen molar-refractivity contribution in [1.29, 1.82) is 0 Å². The fourth-order valence-corrected chi connectivity index (χ4v) is 3.11. The smallest absolute Gasteiger partial charge is 0.312 e. The van der Waals surface area contributed by atoms with Gasteiger partial charge in [-0.2, -0.15) is 11.8 Å². The summed E-state index contributed by atoms with van der Waals surface area (Å²) < 4.78 is 4.98. The highest BCUT2D eigenvalue weighted by molar-refractivity contribution is 7.99. The van der Waals surface area contributed by atoms with Crippen molar-refractivity contribution < 1.29 is 9.66 Å². The molecule has 1 N–H and O–H groups in total. The van der Waals surface area contributed by atoms with E-state index in [9.17, 15) is 10.1 Å². The molecule has 0 atom stereocenters. The minimum absolute atomic E-state index is 0.00712. The van der Waals surface area contributed by atoms with E-state index in [4.69, 9.17) is 4.74 Å². The van der Waals surface area contributed by atoms with Gasteiger partial charge in [-0.3, -0.25) is 10.1 Å². The summed E-state index contributed by atoms with van der Waals surface area (Å²) in [6, 6.07) is 5.42. The minimum Gasteiger partial charge on any atom is -0.490 e. The van der Waals surface area contributed by atoms with Crippen molar-refractivity contribution in [2.75, 3.05) is 23.9 Å². The van der Waals surface area contributed by atoms with Gasteiger partial charge >= 0.3 is 5.69 Å². The van der Waals surface area contributed by atoms with Gasteiger partial charge in [0.25, 0.3) is 0 Å². The van der Waals surface area contributed by atoms with E-state index in [0.717, 1.165) is 30.0 Å². The molecule has 6 heteroatoms. The molecule has 0 spiro atoms. The Bertz CT molecular complexity index is 433. The molecular weight excluding hydrogens is 252 g/mol. The second-order valence-corrected chi connectivity index (χ2v) is 5.40. The van der Waals surface area contributed by atoms with Gasteiger partial charge in [0, 0.05) is 17.8 Å². The van der Waals surface area contributed by atoms with Crippen LogP contribution >= 0.6 is 11.8 Å². The first-order valence-corrected chi connectivity index (χ1v) is 7.03. The van der Waals surface area contributed by atoms with Crippen LogP contribution in [0.3, 0.4) is 0 Å². The molecule has 1 aliphatic heterocycles. The fourth-order valence-electron chi connectivity index (χ4n) is 2.00. The van der Waals surface area contributed by atoms with Crippen molar-refractivity contribution in [1.82, 2.24) is 0 Å². The molecule has 5 nitrogen and oxygen atoms in total. The number of anilines is 1. The number of methoxy groups -OCH3 is 1. The normalized spacial score (nSPS) is 16.3. The summed E-state index contributed by atoms with van der Waals surface area (Å²) in [6.07, 6.45) is 2.20. The van der Waals surface area contributed by atoms with Crippen LogP contribution in [0, 0.1) is 10.1 Å². The molecule has 98 valence electrons. The molecule has 0 amide bonds. The zero-order chi connectivity index (χ0) is 13.0. The highest BCUT2D eigenvalue weighted by atomic mass is 32.2. The summed E-state index contributed by atoms with van der Waals surface area (Å²) in [7, 11) is 1.44. The predicted octanol–water partition coefficient (Wildman–Crippen LogP) is 2.91. The number of nitrogens with zero attached hydrogens (tertiary/aromatic N) is 1. The molecule has 18 heavy (non-hydrogen) atoms. The van der Waals surface area contributed by atoms with Gasteiger partial charge in [0.1, 0.15) is 0 Å². The van der Waals surface area contributed by atoms with Gasteiger partial charge in [0.15, 0.2) is 5.75 Å². The molecule has 1 heterocycles. The molecule has 1 fully saturated rings. The van der Waals surface area contributed by atoms with E-state index in [0.29, 0.717) is 11.8 Å². The Morgan fingerprint density at radius 2 is 2.17 bits per heavy atom. The summed E-state index contributed by atoms with van der Waals surface area (Å²) in [5.41, 5.74) is 0.798. The first kappa shape index (κ1) is 13.0. The van der Waals surface area contributed by atoms with Crippen LogP contribution in [-0.2, 0) is 0 Å². The SMILES string of the molecule is COc1ccc(NC2CCSCC2)cc1[N+](=O)[O-]. The van der Waals surface area contributed by atoms with E-state index in [1.807, 2.05) is 17.8 Å². The molecule has 1 aromatic rings. The zero-order valence-corrected chi connectivity index (χ0v) is 11.0. The maximum absolute atomic E-state index is 10.9. The van der Waals surface area contributed by atoms with E-state index in [1.54, 1.807) is 12.1 Å². The van der Waals surface area contributed by atoms with E-state index >= 15 is 0 Å². The second-order valence-electron chi connectivity index (χ2n) is 4.17. The fraction of sp³-hybridized carbons (Fsp3) is 0.500. The Labute approximate surface area is 110 Å². The highest BCUT2D eigenvalue weighted by Crippen LogP contribution is 2.30. The molecule has 0 bridgehead atoms. The number of hydrogen-bond donors (Lipinski definition) is 1. The number of benzene rings is 1. The van der Waals surface area contributed by atoms with Gasteiger partial charge in [-0.05, 0) is 36.5 Å². The van der Waals surface area contributed by atoms with Crippen LogP contribution in [0.25, 0.3) is 0 Å². The molecule has 1 aromatic carbocycles. The summed E-state index contributed by atoms with van der Waals surface area (Å²) >= 11 is 1.96. The van der Waals surface area contributed by atoms with Gasteiger partial charge in [-0.15, -0.1) is 0 Å². The number of hydrogen-bond acceptors (Lipinski definition) is 5. The Hall–Kier alpha value is -1.43. The van der Waals surface area contributed by atoms with Crippen LogP contribution in [0.4, 0.5) is 11.4 Å². The number of nitro benzene ring substituents is 1. The van der Waals surface area contributed by atoms with E-state index in [2.05, 4.69) is 5.32 Å². The van der Waals surface area contributed by atoms with Crippen molar-refractivity contribution >= 4 is 23.1 Å². The molecule has 1 aliphatic rings. The lowest BCUT2D eigenvalue weighted by Crippen LogP contribution is -2.24. The van der Waals surface area contributed by atoms with Crippen molar-refractivity contribution in [2.24, 2.45) is 0 Å². The molecule has 0 aromatic heterocycles. The van der Waals surface area contributed by atoms with Gasteiger partial charge in [0.2, 0.25) is 0 Å². The number of nitrogens with one attached hydrogen (secondary N) is 1. The van der Waals surface area contributed by atoms with Crippen molar-refractivity contribution in [2.45, 2.75) is 18.9 Å². The molecule has 2 rings (SSSR count). The van der Waals surface area contributed by atoms with Crippen LogP contribution in [0.5, 0.6) is 5.75 Å². The molecule has 1 saturated heterocycles. The van der Waals surface area contributed by atoms with Crippen LogP contribution in [-0.4, -0.2) is 29.6 Å². The standard InChI is InChI=1S/C12H16N2O3S/c1-17-12-3-2-10(8-11(12)14(15)16)13-9-4-6-18-7-5-9/h2-3,8-9,13H,4-7H2,1H3. The second kappa shape index (κ2) is 5.95. The highest BCUT2D eigenvalue weighted by Gasteiger charge is 2.18. The molecule has 0 saturated carbocycles. The molecule has 0 aliphatic carbocycles. The van der Waals surface area contributed by atoms with Gasteiger partial charge in [0.05, 0.1) is 12.0 Å². The van der Waals surface area contributed by atoms with Crippen molar-refractivity contribution in [3.8, 4) is 5.75 Å². The third-order valence-corrected chi connectivity index (χ3v) is 4.02. The Kier molecular flexibility index (Phi) is 4.30. The van der Waals surface area contributed by atoms with Gasteiger partial charge in [-0.1, -0.05) is 0 Å². The van der Waals surface area contributed by atoms with Gasteiger partial charge < -0.3 is 10.1 Å². The maximum Gasteiger partial charge on any atom is 0.312 e. The van der Waals surface area contributed by atoms with Crippen molar-refractivity contribution in [3.63, 3.8) is 0 Å². The third-order valence-electron chi connectivity index (χ3n) is 2.97. The summed E-state index contributed by atoms with van der Waals surface area (Å²) in [5.74, 6) is 2.59. The van der Waals surface area contributed by atoms with Gasteiger partial charge in [-0.25, -0.2) is 0 Å². The largest absolute Gasteiger partial charge is 0.490 e. The zero-order valence-electron chi connectivity index (χ0n) is 10.2. The maximum atomic E-state index is 10.9. The third kappa shape index (κ3) is 3.07. The number of rotatable bonds is 4. The molecule has 0 radical (unpaired) electrons. The first-order chi connectivity index (χ1) is 8.70. The van der Waals surface area contributed by atoms with Crippen LogP contribution in [0.2, 0.25) is 0 Å². The molecular formula is C12H16N2O3S. The number of ether oxygens (including phenoxy) is 1.